The van der Waals surface area contributed by atoms with E-state index < -0.39 is 0 Å². The molecule has 0 aromatic carbocycles. The molecule has 1 aliphatic rings. The van der Waals surface area contributed by atoms with Crippen molar-refractivity contribution in [1.82, 2.24) is 9.38 Å². The van der Waals surface area contributed by atoms with Crippen LogP contribution in [0.2, 0.25) is 0 Å². The second-order valence-corrected chi connectivity index (χ2v) is 4.48. The van der Waals surface area contributed by atoms with Crippen LogP contribution in [0.3, 0.4) is 0 Å². The quantitative estimate of drug-likeness (QED) is 0.719. The Kier molecular flexibility index (Phi) is 3.20. The normalized spacial score (nSPS) is 14.2. The summed E-state index contributed by atoms with van der Waals surface area (Å²) in [6.45, 7) is 1.99. The van der Waals surface area contributed by atoms with E-state index in [9.17, 15) is 4.79 Å². The molecular formula is C13H15ClN2O. The largest absolute Gasteiger partial charge is 0.269 e. The minimum Gasteiger partial charge on any atom is -0.269 e. The monoisotopic (exact) mass is 250 g/mol. The number of hydrogen-bond donors (Lipinski definition) is 0. The van der Waals surface area contributed by atoms with E-state index in [2.05, 4.69) is 4.98 Å². The van der Waals surface area contributed by atoms with Gasteiger partial charge < -0.3 is 0 Å². The summed E-state index contributed by atoms with van der Waals surface area (Å²) in [5.74, 6) is 0. The van der Waals surface area contributed by atoms with Gasteiger partial charge in [0, 0.05) is 11.8 Å². The van der Waals surface area contributed by atoms with Crippen LogP contribution >= 0.6 is 12.4 Å². The van der Waals surface area contributed by atoms with Gasteiger partial charge in [0.2, 0.25) is 0 Å². The lowest BCUT2D eigenvalue weighted by Crippen LogP contribution is -2.24. The Labute approximate surface area is 106 Å². The highest BCUT2D eigenvalue weighted by atomic mass is 35.5. The lowest BCUT2D eigenvalue weighted by Gasteiger charge is -2.15. The van der Waals surface area contributed by atoms with Gasteiger partial charge in [0.25, 0.3) is 5.56 Å². The van der Waals surface area contributed by atoms with Crippen LogP contribution in [0.15, 0.2) is 23.1 Å². The molecule has 2 aromatic rings. The predicted molar refractivity (Wildman–Crippen MR) is 70.1 cm³/mol. The van der Waals surface area contributed by atoms with Crippen LogP contribution < -0.4 is 5.56 Å². The molecule has 90 valence electrons. The number of nitrogens with zero attached hydrogens (tertiary/aromatic N) is 2. The van der Waals surface area contributed by atoms with E-state index in [1.165, 1.54) is 0 Å². The number of hydrogen-bond acceptors (Lipinski definition) is 2. The number of aryl methyl sites for hydroxylation is 2. The molecule has 0 bridgehead atoms. The molecule has 4 heteroatoms. The van der Waals surface area contributed by atoms with Gasteiger partial charge in [-0.05, 0) is 44.2 Å². The Hall–Kier alpha value is -1.35. The maximum Gasteiger partial charge on any atom is 0.261 e. The average Bonchev–Trinajstić information content (AvgIpc) is 2.31. The second-order valence-electron chi connectivity index (χ2n) is 4.48. The van der Waals surface area contributed by atoms with Gasteiger partial charge in [0.15, 0.2) is 0 Å². The Bertz CT molecular complexity index is 619. The summed E-state index contributed by atoms with van der Waals surface area (Å²) in [5.41, 5.74) is 3.93. The first-order valence-corrected chi connectivity index (χ1v) is 5.76. The van der Waals surface area contributed by atoms with Crippen molar-refractivity contribution in [2.45, 2.75) is 32.6 Å². The van der Waals surface area contributed by atoms with Gasteiger partial charge >= 0.3 is 0 Å². The molecule has 3 nitrogen and oxygen atoms in total. The third-order valence-corrected chi connectivity index (χ3v) is 3.24. The molecule has 2 heterocycles. The zero-order chi connectivity index (χ0) is 11.1. The first-order chi connectivity index (χ1) is 7.75. The predicted octanol–water partition coefficient (Wildman–Crippen LogP) is 2.30. The van der Waals surface area contributed by atoms with Crippen molar-refractivity contribution in [2.75, 3.05) is 0 Å². The second kappa shape index (κ2) is 4.49. The van der Waals surface area contributed by atoms with Crippen LogP contribution in [-0.2, 0) is 12.8 Å². The van der Waals surface area contributed by atoms with Crippen LogP contribution in [-0.4, -0.2) is 9.38 Å². The van der Waals surface area contributed by atoms with Crippen LogP contribution in [0.5, 0.6) is 0 Å². The lowest BCUT2D eigenvalue weighted by atomic mass is 9.97. The van der Waals surface area contributed by atoms with Crippen molar-refractivity contribution in [3.63, 3.8) is 0 Å². The molecule has 0 radical (unpaired) electrons. The molecule has 17 heavy (non-hydrogen) atoms. The van der Waals surface area contributed by atoms with E-state index in [4.69, 9.17) is 0 Å². The summed E-state index contributed by atoms with van der Waals surface area (Å²) >= 11 is 0. The molecule has 0 amide bonds. The molecule has 0 unspecified atom stereocenters. The van der Waals surface area contributed by atoms with Crippen molar-refractivity contribution in [1.29, 1.82) is 0 Å². The van der Waals surface area contributed by atoms with Crippen molar-refractivity contribution in [3.05, 3.63) is 45.5 Å². The Morgan fingerprint density at radius 3 is 2.82 bits per heavy atom. The van der Waals surface area contributed by atoms with Gasteiger partial charge in [0.05, 0.1) is 5.69 Å². The topological polar surface area (TPSA) is 34.4 Å². The smallest absolute Gasteiger partial charge is 0.261 e. The molecule has 0 saturated heterocycles. The molecule has 0 atom stereocenters. The average molecular weight is 251 g/mol. The third kappa shape index (κ3) is 1.95. The molecule has 3 rings (SSSR count). The van der Waals surface area contributed by atoms with Gasteiger partial charge in [-0.3, -0.25) is 9.20 Å². The fourth-order valence-corrected chi connectivity index (χ4v) is 2.38. The molecule has 0 aliphatic heterocycles. The zero-order valence-electron chi connectivity index (χ0n) is 9.77. The molecule has 0 saturated carbocycles. The van der Waals surface area contributed by atoms with Crippen LogP contribution in [0.25, 0.3) is 5.65 Å². The maximum absolute atomic E-state index is 12.2. The van der Waals surface area contributed by atoms with Crippen molar-refractivity contribution in [2.24, 2.45) is 0 Å². The number of aromatic nitrogens is 2. The zero-order valence-corrected chi connectivity index (χ0v) is 10.6. The van der Waals surface area contributed by atoms with Crippen molar-refractivity contribution < 1.29 is 0 Å². The highest BCUT2D eigenvalue weighted by Gasteiger charge is 2.15. The Balaban J connectivity index is 0.00000108. The minimum absolute atomic E-state index is 0. The standard InChI is InChI=1S/C13H14N2O.ClH/c1-9-6-7-12-14-11-5-3-2-4-10(11)13(16)15(12)8-9;/h6-8H,2-5H2,1H3;1H. The first kappa shape index (κ1) is 12.1. The SMILES string of the molecule is Cc1ccc2nc3c(c(=O)n2c1)CCCC3.Cl. The fraction of sp³-hybridized carbons (Fsp3) is 0.385. The molecule has 0 fully saturated rings. The molecule has 0 N–H and O–H groups in total. The van der Waals surface area contributed by atoms with E-state index in [1.807, 2.05) is 25.3 Å². The van der Waals surface area contributed by atoms with Gasteiger partial charge in [-0.1, -0.05) is 6.07 Å². The van der Waals surface area contributed by atoms with Gasteiger partial charge in [-0.25, -0.2) is 4.98 Å². The number of rotatable bonds is 0. The van der Waals surface area contributed by atoms with E-state index in [0.29, 0.717) is 0 Å². The van der Waals surface area contributed by atoms with Crippen LogP contribution in [0.1, 0.15) is 29.7 Å². The summed E-state index contributed by atoms with van der Waals surface area (Å²) < 4.78 is 1.68. The Morgan fingerprint density at radius 1 is 1.24 bits per heavy atom. The maximum atomic E-state index is 12.2. The van der Waals surface area contributed by atoms with Gasteiger partial charge in [-0.15, -0.1) is 12.4 Å². The minimum atomic E-state index is 0. The highest BCUT2D eigenvalue weighted by molar-refractivity contribution is 5.85. The molecule has 1 aliphatic carbocycles. The van der Waals surface area contributed by atoms with Crippen LogP contribution in [0, 0.1) is 6.92 Å². The van der Waals surface area contributed by atoms with Crippen LogP contribution in [0.4, 0.5) is 0 Å². The van der Waals surface area contributed by atoms with Crippen molar-refractivity contribution in [3.8, 4) is 0 Å². The van der Waals surface area contributed by atoms with E-state index in [-0.39, 0.29) is 18.0 Å². The van der Waals surface area contributed by atoms with E-state index >= 15 is 0 Å². The molecular weight excluding hydrogens is 236 g/mol. The van der Waals surface area contributed by atoms with E-state index in [0.717, 1.165) is 48.2 Å². The van der Waals surface area contributed by atoms with E-state index in [1.54, 1.807) is 4.40 Å². The summed E-state index contributed by atoms with van der Waals surface area (Å²) in [7, 11) is 0. The summed E-state index contributed by atoms with van der Waals surface area (Å²) in [5, 5.41) is 0. The fourth-order valence-electron chi connectivity index (χ4n) is 2.38. The van der Waals surface area contributed by atoms with Gasteiger partial charge in [-0.2, -0.15) is 0 Å². The summed E-state index contributed by atoms with van der Waals surface area (Å²) in [6, 6.07) is 3.92. The Morgan fingerprint density at radius 2 is 2.00 bits per heavy atom. The lowest BCUT2D eigenvalue weighted by molar-refractivity contribution is 0.656. The summed E-state index contributed by atoms with van der Waals surface area (Å²) in [6.07, 6.45) is 5.98. The highest BCUT2D eigenvalue weighted by Crippen LogP contribution is 2.16. The molecule has 0 spiro atoms. The number of pyridine rings is 1. The summed E-state index contributed by atoms with van der Waals surface area (Å²) in [4.78, 5) is 16.8. The number of halogens is 1. The first-order valence-electron chi connectivity index (χ1n) is 5.76. The third-order valence-electron chi connectivity index (χ3n) is 3.24. The van der Waals surface area contributed by atoms with Crippen molar-refractivity contribution >= 4 is 18.1 Å². The molecule has 2 aromatic heterocycles. The van der Waals surface area contributed by atoms with Gasteiger partial charge in [0.1, 0.15) is 5.65 Å². The number of fused-ring (bicyclic) bond motifs is 2.